The maximum atomic E-state index is 12.2. The molecule has 0 saturated heterocycles. The van der Waals surface area contributed by atoms with Crippen LogP contribution in [0.2, 0.25) is 0 Å². The van der Waals surface area contributed by atoms with Crippen molar-refractivity contribution in [1.29, 1.82) is 0 Å². The third-order valence-corrected chi connectivity index (χ3v) is 4.56. The van der Waals surface area contributed by atoms with Crippen molar-refractivity contribution in [3.05, 3.63) is 74.2 Å². The normalized spacial score (nSPS) is 22.4. The predicted molar refractivity (Wildman–Crippen MR) is 85.4 cm³/mol. The number of aliphatic hydroxyl groups excluding tert-OH is 1. The molecule has 23 heavy (non-hydrogen) atoms. The van der Waals surface area contributed by atoms with E-state index >= 15 is 0 Å². The molecule has 1 aromatic heterocycles. The van der Waals surface area contributed by atoms with Crippen LogP contribution in [0.5, 0.6) is 0 Å². The second-order valence-electron chi connectivity index (χ2n) is 6.64. The summed E-state index contributed by atoms with van der Waals surface area (Å²) in [5.41, 5.74) is 0.839. The van der Waals surface area contributed by atoms with Gasteiger partial charge in [-0.05, 0) is 29.0 Å². The summed E-state index contributed by atoms with van der Waals surface area (Å²) in [5.74, 6) is 0. The fourth-order valence-corrected chi connectivity index (χ4v) is 3.30. The van der Waals surface area contributed by atoms with Crippen LogP contribution in [0.3, 0.4) is 0 Å². The number of hydrogen-bond acceptors (Lipinski definition) is 4. The SMILES string of the molecule is CC1(C)Cc2ccc([N+](=O)[O-])cc2C(n2ccccc2=O)C1O. The first-order valence-electron chi connectivity index (χ1n) is 7.44. The monoisotopic (exact) mass is 314 g/mol. The Morgan fingerprint density at radius 1 is 1.30 bits per heavy atom. The van der Waals surface area contributed by atoms with Crippen LogP contribution < -0.4 is 5.56 Å². The second kappa shape index (κ2) is 5.31. The molecule has 0 amide bonds. The highest BCUT2D eigenvalue weighted by atomic mass is 16.6. The molecule has 0 saturated carbocycles. The van der Waals surface area contributed by atoms with E-state index in [9.17, 15) is 20.0 Å². The number of non-ortho nitro benzene ring substituents is 1. The fraction of sp³-hybridized carbons (Fsp3) is 0.353. The minimum absolute atomic E-state index is 0.0374. The average molecular weight is 314 g/mol. The van der Waals surface area contributed by atoms with Gasteiger partial charge < -0.3 is 9.67 Å². The Balaban J connectivity index is 2.25. The van der Waals surface area contributed by atoms with Crippen molar-refractivity contribution in [1.82, 2.24) is 4.57 Å². The van der Waals surface area contributed by atoms with Gasteiger partial charge in [0, 0.05) is 24.4 Å². The van der Waals surface area contributed by atoms with Gasteiger partial charge >= 0.3 is 0 Å². The number of hydrogen-bond donors (Lipinski definition) is 1. The summed E-state index contributed by atoms with van der Waals surface area (Å²) in [6.45, 7) is 3.87. The molecule has 120 valence electrons. The Morgan fingerprint density at radius 2 is 2.04 bits per heavy atom. The number of rotatable bonds is 2. The number of aromatic nitrogens is 1. The van der Waals surface area contributed by atoms with Gasteiger partial charge in [-0.15, -0.1) is 0 Å². The molecule has 1 heterocycles. The molecular weight excluding hydrogens is 296 g/mol. The van der Waals surface area contributed by atoms with Gasteiger partial charge in [0.2, 0.25) is 0 Å². The van der Waals surface area contributed by atoms with Gasteiger partial charge in [0.15, 0.2) is 0 Å². The highest BCUT2D eigenvalue weighted by Gasteiger charge is 2.42. The number of pyridine rings is 1. The zero-order chi connectivity index (χ0) is 16.8. The molecule has 6 nitrogen and oxygen atoms in total. The van der Waals surface area contributed by atoms with Crippen molar-refractivity contribution in [3.8, 4) is 0 Å². The van der Waals surface area contributed by atoms with Crippen LogP contribution in [0, 0.1) is 15.5 Å². The average Bonchev–Trinajstić information content (AvgIpc) is 2.49. The van der Waals surface area contributed by atoms with Crippen molar-refractivity contribution in [2.75, 3.05) is 0 Å². The van der Waals surface area contributed by atoms with E-state index < -0.39 is 22.5 Å². The van der Waals surface area contributed by atoms with E-state index in [2.05, 4.69) is 0 Å². The smallest absolute Gasteiger partial charge is 0.269 e. The zero-order valence-corrected chi connectivity index (χ0v) is 13.0. The molecule has 2 atom stereocenters. The van der Waals surface area contributed by atoms with Crippen LogP contribution >= 0.6 is 0 Å². The van der Waals surface area contributed by atoms with Gasteiger partial charge in [-0.2, -0.15) is 0 Å². The summed E-state index contributed by atoms with van der Waals surface area (Å²) >= 11 is 0. The van der Waals surface area contributed by atoms with Gasteiger partial charge in [0.25, 0.3) is 11.2 Å². The molecule has 0 spiro atoms. The Hall–Kier alpha value is -2.47. The maximum absolute atomic E-state index is 12.2. The minimum Gasteiger partial charge on any atom is -0.390 e. The topological polar surface area (TPSA) is 85.4 Å². The molecule has 1 aliphatic carbocycles. The molecule has 1 aliphatic rings. The third-order valence-electron chi connectivity index (χ3n) is 4.56. The third kappa shape index (κ3) is 2.55. The maximum Gasteiger partial charge on any atom is 0.269 e. The first-order chi connectivity index (χ1) is 10.8. The van der Waals surface area contributed by atoms with Crippen LogP contribution in [0.25, 0.3) is 0 Å². The van der Waals surface area contributed by atoms with E-state index in [1.54, 1.807) is 24.4 Å². The second-order valence-corrected chi connectivity index (χ2v) is 6.64. The van der Waals surface area contributed by atoms with Crippen molar-refractivity contribution >= 4 is 5.69 Å². The summed E-state index contributed by atoms with van der Waals surface area (Å²) in [6.07, 6.45) is 1.39. The van der Waals surface area contributed by atoms with E-state index in [-0.39, 0.29) is 11.2 Å². The van der Waals surface area contributed by atoms with Gasteiger partial charge in [-0.3, -0.25) is 14.9 Å². The van der Waals surface area contributed by atoms with Crippen LogP contribution in [-0.4, -0.2) is 20.7 Å². The Kier molecular flexibility index (Phi) is 3.56. The fourth-order valence-electron chi connectivity index (χ4n) is 3.30. The minimum atomic E-state index is -0.822. The van der Waals surface area contributed by atoms with Gasteiger partial charge in [0.1, 0.15) is 0 Å². The van der Waals surface area contributed by atoms with Crippen LogP contribution in [0.4, 0.5) is 5.69 Å². The van der Waals surface area contributed by atoms with Crippen molar-refractivity contribution in [3.63, 3.8) is 0 Å². The van der Waals surface area contributed by atoms with Crippen LogP contribution in [-0.2, 0) is 6.42 Å². The molecule has 6 heteroatoms. The van der Waals surface area contributed by atoms with Crippen molar-refractivity contribution < 1.29 is 10.0 Å². The molecule has 1 aromatic carbocycles. The highest BCUT2D eigenvalue weighted by molar-refractivity contribution is 5.45. The largest absolute Gasteiger partial charge is 0.390 e. The van der Waals surface area contributed by atoms with E-state index in [1.807, 2.05) is 13.8 Å². The number of fused-ring (bicyclic) bond motifs is 1. The van der Waals surface area contributed by atoms with Crippen LogP contribution in [0.1, 0.15) is 31.0 Å². The lowest BCUT2D eigenvalue weighted by atomic mass is 9.69. The van der Waals surface area contributed by atoms with Crippen molar-refractivity contribution in [2.24, 2.45) is 5.41 Å². The number of aliphatic hydroxyl groups is 1. The highest BCUT2D eigenvalue weighted by Crippen LogP contribution is 2.43. The molecule has 0 bridgehead atoms. The lowest BCUT2D eigenvalue weighted by Gasteiger charge is -2.42. The van der Waals surface area contributed by atoms with E-state index in [4.69, 9.17) is 0 Å². The summed E-state index contributed by atoms with van der Waals surface area (Å²) in [7, 11) is 0. The van der Waals surface area contributed by atoms with E-state index in [0.29, 0.717) is 12.0 Å². The van der Waals surface area contributed by atoms with Gasteiger partial charge in [-0.1, -0.05) is 26.0 Å². The molecule has 3 rings (SSSR count). The number of benzene rings is 1. The van der Waals surface area contributed by atoms with Gasteiger partial charge in [-0.25, -0.2) is 0 Å². The van der Waals surface area contributed by atoms with Gasteiger partial charge in [0.05, 0.1) is 17.1 Å². The summed E-state index contributed by atoms with van der Waals surface area (Å²) in [5, 5.41) is 21.9. The molecule has 1 N–H and O–H groups in total. The number of nitrogens with zero attached hydrogens (tertiary/aromatic N) is 2. The predicted octanol–water partition coefficient (Wildman–Crippen LogP) is 2.29. The molecule has 0 aliphatic heterocycles. The summed E-state index contributed by atoms with van der Waals surface area (Å²) in [4.78, 5) is 22.8. The molecule has 2 aromatic rings. The molecule has 0 radical (unpaired) electrons. The summed E-state index contributed by atoms with van der Waals surface area (Å²) in [6, 6.07) is 8.80. The van der Waals surface area contributed by atoms with Crippen molar-refractivity contribution in [2.45, 2.75) is 32.4 Å². The molecule has 0 fully saturated rings. The number of nitro benzene ring substituents is 1. The summed E-state index contributed by atoms with van der Waals surface area (Å²) < 4.78 is 1.45. The lowest BCUT2D eigenvalue weighted by molar-refractivity contribution is -0.385. The quantitative estimate of drug-likeness (QED) is 0.681. The Labute approximate surface area is 133 Å². The molecular formula is C17H18N2O4. The first-order valence-corrected chi connectivity index (χ1v) is 7.44. The molecule has 2 unspecified atom stereocenters. The van der Waals surface area contributed by atoms with E-state index in [0.717, 1.165) is 5.56 Å². The van der Waals surface area contributed by atoms with E-state index in [1.165, 1.54) is 22.8 Å². The lowest BCUT2D eigenvalue weighted by Crippen LogP contribution is -2.46. The standard InChI is InChI=1S/C17H18N2O4/c1-17(2)10-11-6-7-12(19(22)23)9-13(11)15(16(17)21)18-8-4-3-5-14(18)20/h3-9,15-16,21H,10H2,1-2H3. The zero-order valence-electron chi connectivity index (χ0n) is 13.0. The Morgan fingerprint density at radius 3 is 2.70 bits per heavy atom. The number of nitro groups is 1. The Bertz CT molecular complexity index is 825. The first kappa shape index (κ1) is 15.4. The van der Waals surface area contributed by atoms with Crippen LogP contribution in [0.15, 0.2) is 47.4 Å².